The van der Waals surface area contributed by atoms with Gasteiger partial charge >= 0.3 is 0 Å². The standard InChI is InChI=1S/C7H9BrN2OS/c1-5-9-6(8)4-7(10-5)12-3-2-11/h4,11H,2-3H2,1H3. The molecule has 0 bridgehead atoms. The molecule has 0 aliphatic heterocycles. The van der Waals surface area contributed by atoms with Crippen molar-refractivity contribution < 1.29 is 5.11 Å². The van der Waals surface area contributed by atoms with Crippen molar-refractivity contribution in [3.05, 3.63) is 16.5 Å². The molecule has 1 aromatic rings. The first-order valence-electron chi connectivity index (χ1n) is 3.47. The molecule has 0 radical (unpaired) electrons. The predicted octanol–water partition coefficient (Wildman–Crippen LogP) is 1.63. The van der Waals surface area contributed by atoms with Gasteiger partial charge < -0.3 is 5.11 Å². The van der Waals surface area contributed by atoms with Crippen molar-refractivity contribution >= 4 is 27.7 Å². The van der Waals surface area contributed by atoms with Crippen LogP contribution in [0.25, 0.3) is 0 Å². The Labute approximate surface area is 83.8 Å². The SMILES string of the molecule is Cc1nc(Br)cc(SCCO)n1. The number of aryl methyl sites for hydroxylation is 1. The fourth-order valence-corrected chi connectivity index (χ4v) is 2.05. The zero-order valence-corrected chi connectivity index (χ0v) is 9.02. The van der Waals surface area contributed by atoms with Crippen LogP contribution in [-0.2, 0) is 0 Å². The van der Waals surface area contributed by atoms with E-state index < -0.39 is 0 Å². The van der Waals surface area contributed by atoms with Gasteiger partial charge in [0.25, 0.3) is 0 Å². The lowest BCUT2D eigenvalue weighted by Crippen LogP contribution is -1.92. The van der Waals surface area contributed by atoms with Gasteiger partial charge in [-0.25, -0.2) is 9.97 Å². The van der Waals surface area contributed by atoms with E-state index in [0.717, 1.165) is 15.5 Å². The Morgan fingerprint density at radius 3 is 2.92 bits per heavy atom. The molecule has 1 rings (SSSR count). The summed E-state index contributed by atoms with van der Waals surface area (Å²) < 4.78 is 0.787. The Hall–Kier alpha value is -0.130. The second-order valence-corrected chi connectivity index (χ2v) is 4.08. The average molecular weight is 249 g/mol. The third kappa shape index (κ3) is 3.08. The molecule has 0 fully saturated rings. The number of halogens is 1. The normalized spacial score (nSPS) is 10.2. The summed E-state index contributed by atoms with van der Waals surface area (Å²) in [4.78, 5) is 8.25. The number of aliphatic hydroxyl groups excluding tert-OH is 1. The van der Waals surface area contributed by atoms with E-state index in [1.165, 1.54) is 11.8 Å². The fraction of sp³-hybridized carbons (Fsp3) is 0.429. The number of aromatic nitrogens is 2. The molecule has 66 valence electrons. The van der Waals surface area contributed by atoms with Gasteiger partial charge in [-0.3, -0.25) is 0 Å². The summed E-state index contributed by atoms with van der Waals surface area (Å²) in [5.41, 5.74) is 0. The third-order valence-electron chi connectivity index (χ3n) is 1.12. The van der Waals surface area contributed by atoms with Crippen LogP contribution in [0, 0.1) is 6.92 Å². The van der Waals surface area contributed by atoms with Crippen molar-refractivity contribution in [3.63, 3.8) is 0 Å². The van der Waals surface area contributed by atoms with Crippen LogP contribution in [0.15, 0.2) is 15.7 Å². The van der Waals surface area contributed by atoms with Crippen LogP contribution in [0.1, 0.15) is 5.82 Å². The zero-order valence-electron chi connectivity index (χ0n) is 6.62. The second kappa shape index (κ2) is 4.79. The Morgan fingerprint density at radius 1 is 1.58 bits per heavy atom. The van der Waals surface area contributed by atoms with Gasteiger partial charge in [-0.1, -0.05) is 0 Å². The van der Waals surface area contributed by atoms with Gasteiger partial charge in [0.05, 0.1) is 6.61 Å². The minimum Gasteiger partial charge on any atom is -0.396 e. The summed E-state index contributed by atoms with van der Waals surface area (Å²) in [6, 6.07) is 1.84. The molecule has 1 N–H and O–H groups in total. The molecule has 0 atom stereocenters. The first-order chi connectivity index (χ1) is 5.72. The molecule has 0 unspecified atom stereocenters. The van der Waals surface area contributed by atoms with Crippen molar-refractivity contribution in [1.82, 2.24) is 9.97 Å². The molecule has 0 saturated carbocycles. The highest BCUT2D eigenvalue weighted by atomic mass is 79.9. The van der Waals surface area contributed by atoms with E-state index in [1.807, 2.05) is 13.0 Å². The Bertz CT molecular complexity index is 249. The molecule has 0 aliphatic rings. The monoisotopic (exact) mass is 248 g/mol. The lowest BCUT2D eigenvalue weighted by Gasteiger charge is -1.99. The molecule has 0 aromatic carbocycles. The van der Waals surface area contributed by atoms with Crippen LogP contribution in [0.3, 0.4) is 0 Å². The highest BCUT2D eigenvalue weighted by molar-refractivity contribution is 9.10. The first-order valence-corrected chi connectivity index (χ1v) is 5.25. The molecule has 0 aliphatic carbocycles. The molecule has 0 saturated heterocycles. The lowest BCUT2D eigenvalue weighted by molar-refractivity contribution is 0.322. The number of hydrogen-bond donors (Lipinski definition) is 1. The molecule has 3 nitrogen and oxygen atoms in total. The van der Waals surface area contributed by atoms with E-state index in [4.69, 9.17) is 5.11 Å². The van der Waals surface area contributed by atoms with Crippen molar-refractivity contribution in [2.75, 3.05) is 12.4 Å². The highest BCUT2D eigenvalue weighted by Crippen LogP contribution is 2.18. The highest BCUT2D eigenvalue weighted by Gasteiger charge is 1.99. The Kier molecular flexibility index (Phi) is 3.97. The molecule has 1 aromatic heterocycles. The van der Waals surface area contributed by atoms with Crippen LogP contribution in [0.5, 0.6) is 0 Å². The smallest absolute Gasteiger partial charge is 0.127 e. The number of hydrogen-bond acceptors (Lipinski definition) is 4. The molecule has 1 heterocycles. The lowest BCUT2D eigenvalue weighted by atomic mass is 10.6. The van der Waals surface area contributed by atoms with Crippen LogP contribution < -0.4 is 0 Å². The van der Waals surface area contributed by atoms with E-state index in [-0.39, 0.29) is 6.61 Å². The summed E-state index contributed by atoms with van der Waals surface area (Å²) >= 11 is 4.80. The number of nitrogens with zero attached hydrogens (tertiary/aromatic N) is 2. The van der Waals surface area contributed by atoms with Gasteiger partial charge in [0.2, 0.25) is 0 Å². The van der Waals surface area contributed by atoms with Crippen LogP contribution in [0.4, 0.5) is 0 Å². The van der Waals surface area contributed by atoms with Gasteiger partial charge in [0, 0.05) is 11.8 Å². The molecular formula is C7H9BrN2OS. The fourth-order valence-electron chi connectivity index (χ4n) is 0.730. The van der Waals surface area contributed by atoms with E-state index in [2.05, 4.69) is 25.9 Å². The summed E-state index contributed by atoms with van der Waals surface area (Å²) in [6.07, 6.45) is 0. The summed E-state index contributed by atoms with van der Waals surface area (Å²) in [6.45, 7) is 2.01. The van der Waals surface area contributed by atoms with Gasteiger partial charge in [-0.05, 0) is 22.9 Å². The van der Waals surface area contributed by atoms with E-state index in [9.17, 15) is 0 Å². The van der Waals surface area contributed by atoms with Crippen molar-refractivity contribution in [3.8, 4) is 0 Å². The quantitative estimate of drug-likeness (QED) is 0.653. The number of aliphatic hydroxyl groups is 1. The number of thioether (sulfide) groups is 1. The van der Waals surface area contributed by atoms with Gasteiger partial charge in [-0.2, -0.15) is 0 Å². The zero-order chi connectivity index (χ0) is 8.97. The first kappa shape index (κ1) is 9.95. The largest absolute Gasteiger partial charge is 0.396 e. The topological polar surface area (TPSA) is 46.0 Å². The molecule has 0 amide bonds. The Morgan fingerprint density at radius 2 is 2.33 bits per heavy atom. The van der Waals surface area contributed by atoms with Crippen molar-refractivity contribution in [2.24, 2.45) is 0 Å². The maximum Gasteiger partial charge on any atom is 0.127 e. The van der Waals surface area contributed by atoms with Crippen LogP contribution >= 0.6 is 27.7 Å². The Balaban J connectivity index is 2.72. The maximum atomic E-state index is 8.59. The summed E-state index contributed by atoms with van der Waals surface area (Å²) in [5.74, 6) is 1.41. The average Bonchev–Trinajstić information content (AvgIpc) is 1.99. The predicted molar refractivity (Wildman–Crippen MR) is 52.3 cm³/mol. The van der Waals surface area contributed by atoms with E-state index >= 15 is 0 Å². The minimum absolute atomic E-state index is 0.172. The minimum atomic E-state index is 0.172. The maximum absolute atomic E-state index is 8.59. The molecule has 5 heteroatoms. The van der Waals surface area contributed by atoms with Crippen molar-refractivity contribution in [2.45, 2.75) is 11.9 Å². The molecular weight excluding hydrogens is 240 g/mol. The van der Waals surface area contributed by atoms with Gasteiger partial charge in [0.1, 0.15) is 15.5 Å². The van der Waals surface area contributed by atoms with Gasteiger partial charge in [-0.15, -0.1) is 11.8 Å². The molecule has 0 spiro atoms. The number of rotatable bonds is 3. The van der Waals surface area contributed by atoms with E-state index in [1.54, 1.807) is 0 Å². The third-order valence-corrected chi connectivity index (χ3v) is 2.42. The molecule has 12 heavy (non-hydrogen) atoms. The summed E-state index contributed by atoms with van der Waals surface area (Å²) in [5, 5.41) is 9.48. The summed E-state index contributed by atoms with van der Waals surface area (Å²) in [7, 11) is 0. The van der Waals surface area contributed by atoms with Gasteiger partial charge in [0.15, 0.2) is 0 Å². The van der Waals surface area contributed by atoms with Crippen LogP contribution in [-0.4, -0.2) is 27.4 Å². The van der Waals surface area contributed by atoms with Crippen LogP contribution in [0.2, 0.25) is 0 Å². The van der Waals surface area contributed by atoms with E-state index in [0.29, 0.717) is 5.75 Å². The van der Waals surface area contributed by atoms with Crippen molar-refractivity contribution in [1.29, 1.82) is 0 Å². The second-order valence-electron chi connectivity index (χ2n) is 2.15.